The lowest BCUT2D eigenvalue weighted by Crippen LogP contribution is -2.30. The molecular formula is C21H18ClN3O10. The number of carbonyl (C=O) groups is 4. The first-order valence-corrected chi connectivity index (χ1v) is 10.2. The number of furan rings is 1. The number of hydrogen-bond donors (Lipinski definition) is 1. The number of nitrogens with zero attached hydrogens (tertiary/aromatic N) is 2. The molecule has 1 aromatic heterocycles. The average Bonchev–Trinajstić information content (AvgIpc) is 3.39. The van der Waals surface area contributed by atoms with Crippen LogP contribution in [0.25, 0.3) is 6.08 Å². The number of nitrogens with one attached hydrogen (secondary N) is 1. The Hall–Kier alpha value is -4.39. The number of amides is 3. The highest BCUT2D eigenvalue weighted by atomic mass is 35.5. The second kappa shape index (κ2) is 10.3. The molecule has 1 saturated heterocycles. The molecule has 184 valence electrons. The number of methoxy groups -OCH3 is 2. The van der Waals surface area contributed by atoms with Gasteiger partial charge in [0.2, 0.25) is 11.5 Å². The summed E-state index contributed by atoms with van der Waals surface area (Å²) in [5.41, 5.74) is -0.863. The Kier molecular flexibility index (Phi) is 7.40. The number of halogens is 1. The average molecular weight is 508 g/mol. The summed E-state index contributed by atoms with van der Waals surface area (Å²) in [5, 5.41) is 13.9. The number of rotatable bonds is 8. The fourth-order valence-electron chi connectivity index (χ4n) is 3.06. The number of imide groups is 1. The number of esters is 2. The van der Waals surface area contributed by atoms with Crippen molar-refractivity contribution in [3.05, 3.63) is 62.2 Å². The van der Waals surface area contributed by atoms with E-state index in [0.29, 0.717) is 0 Å². The number of nitro benzene ring substituents is 1. The molecule has 2 aromatic rings. The third kappa shape index (κ3) is 5.41. The number of ether oxygens (including phenoxy) is 3. The predicted molar refractivity (Wildman–Crippen MR) is 117 cm³/mol. The first-order chi connectivity index (χ1) is 16.5. The summed E-state index contributed by atoms with van der Waals surface area (Å²) in [6.45, 7) is 1.01. The zero-order valence-electron chi connectivity index (χ0n) is 18.5. The molecule has 1 aliphatic rings. The summed E-state index contributed by atoms with van der Waals surface area (Å²) < 4.78 is 19.9. The van der Waals surface area contributed by atoms with Crippen LogP contribution in [0.2, 0.25) is 5.02 Å². The van der Waals surface area contributed by atoms with Gasteiger partial charge >= 0.3 is 23.7 Å². The van der Waals surface area contributed by atoms with Gasteiger partial charge in [-0.15, -0.1) is 0 Å². The van der Waals surface area contributed by atoms with Crippen LogP contribution in [0.4, 0.5) is 10.5 Å². The van der Waals surface area contributed by atoms with Crippen molar-refractivity contribution in [1.29, 1.82) is 0 Å². The maximum atomic E-state index is 12.9. The third-order valence-corrected chi connectivity index (χ3v) is 4.93. The van der Waals surface area contributed by atoms with E-state index >= 15 is 0 Å². The van der Waals surface area contributed by atoms with Gasteiger partial charge < -0.3 is 23.9 Å². The molecule has 0 radical (unpaired) electrons. The van der Waals surface area contributed by atoms with Gasteiger partial charge in [0.1, 0.15) is 11.5 Å². The smallest absolute Gasteiger partial charge is 0.373 e. The molecule has 1 aliphatic heterocycles. The summed E-state index contributed by atoms with van der Waals surface area (Å²) in [4.78, 5) is 60.2. The minimum absolute atomic E-state index is 0.0450. The lowest BCUT2D eigenvalue weighted by Gasteiger charge is -2.15. The highest BCUT2D eigenvalue weighted by molar-refractivity contribution is 6.31. The van der Waals surface area contributed by atoms with E-state index in [9.17, 15) is 29.3 Å². The van der Waals surface area contributed by atoms with Crippen LogP contribution in [0.15, 0.2) is 34.4 Å². The molecule has 3 rings (SSSR count). The molecular weight excluding hydrogens is 490 g/mol. The van der Waals surface area contributed by atoms with E-state index in [0.717, 1.165) is 24.2 Å². The minimum Gasteiger partial charge on any atom is -0.471 e. The lowest BCUT2D eigenvalue weighted by molar-refractivity contribution is -0.386. The summed E-state index contributed by atoms with van der Waals surface area (Å²) in [6.07, 6.45) is -0.106. The van der Waals surface area contributed by atoms with Crippen LogP contribution in [0.5, 0.6) is 5.75 Å². The highest BCUT2D eigenvalue weighted by Crippen LogP contribution is 2.37. The summed E-state index contributed by atoms with van der Waals surface area (Å²) >= 11 is 6.01. The lowest BCUT2D eigenvalue weighted by atomic mass is 10.1. The monoisotopic (exact) mass is 507 g/mol. The van der Waals surface area contributed by atoms with Crippen LogP contribution in [-0.4, -0.2) is 54.0 Å². The molecule has 14 heteroatoms. The van der Waals surface area contributed by atoms with Crippen LogP contribution in [-0.2, 0) is 25.6 Å². The Balaban J connectivity index is 1.95. The first-order valence-electron chi connectivity index (χ1n) is 9.79. The van der Waals surface area contributed by atoms with Crippen molar-refractivity contribution in [2.24, 2.45) is 0 Å². The fourth-order valence-corrected chi connectivity index (χ4v) is 3.28. The van der Waals surface area contributed by atoms with Gasteiger partial charge in [-0.05, 0) is 31.2 Å². The number of benzene rings is 1. The molecule has 1 atom stereocenters. The predicted octanol–water partition coefficient (Wildman–Crippen LogP) is 2.66. The second-order valence-corrected chi connectivity index (χ2v) is 7.46. The normalized spacial score (nSPS) is 15.1. The van der Waals surface area contributed by atoms with E-state index in [1.807, 2.05) is 0 Å². The molecule has 0 bridgehead atoms. The van der Waals surface area contributed by atoms with Gasteiger partial charge in [0, 0.05) is 16.7 Å². The van der Waals surface area contributed by atoms with Gasteiger partial charge in [0.25, 0.3) is 5.91 Å². The second-order valence-electron chi connectivity index (χ2n) is 7.02. The van der Waals surface area contributed by atoms with Gasteiger partial charge in [-0.2, -0.15) is 0 Å². The molecule has 0 saturated carbocycles. The summed E-state index contributed by atoms with van der Waals surface area (Å²) in [5.74, 6) is -2.67. The number of hydrogen-bond acceptors (Lipinski definition) is 10. The molecule has 2 heterocycles. The van der Waals surface area contributed by atoms with Gasteiger partial charge in [-0.3, -0.25) is 19.8 Å². The maximum absolute atomic E-state index is 12.9. The van der Waals surface area contributed by atoms with Gasteiger partial charge in [0.15, 0.2) is 6.10 Å². The van der Waals surface area contributed by atoms with Gasteiger partial charge in [-0.25, -0.2) is 14.4 Å². The number of nitro groups is 1. The molecule has 0 unspecified atom stereocenters. The van der Waals surface area contributed by atoms with E-state index in [1.54, 1.807) is 0 Å². The van der Waals surface area contributed by atoms with Crippen molar-refractivity contribution < 1.29 is 42.7 Å². The molecule has 0 aliphatic carbocycles. The molecule has 1 N–H and O–H groups in total. The zero-order valence-corrected chi connectivity index (χ0v) is 19.3. The Morgan fingerprint density at radius 2 is 1.97 bits per heavy atom. The third-order valence-electron chi connectivity index (χ3n) is 4.71. The standard InChI is InChI=1S/C21H18ClN3O10/c1-10(19(27)32-2)34-17-11(6-12(22)8-15(17)25(30)31)7-14-18(26)24(21(29)23-14)9-13-4-5-16(35-13)20(28)33-3/h4-8,10H,9H2,1-3H3,(H,23,29)/b14-7-/t10-/m0/s1. The van der Waals surface area contributed by atoms with E-state index < -0.39 is 40.6 Å². The summed E-state index contributed by atoms with van der Waals surface area (Å²) in [6, 6.07) is 4.19. The minimum atomic E-state index is -1.23. The van der Waals surface area contributed by atoms with Crippen molar-refractivity contribution in [3.8, 4) is 5.75 Å². The number of urea groups is 1. The van der Waals surface area contributed by atoms with Crippen molar-refractivity contribution in [2.75, 3.05) is 14.2 Å². The number of carbonyl (C=O) groups excluding carboxylic acids is 4. The van der Waals surface area contributed by atoms with E-state index in [1.165, 1.54) is 32.2 Å². The van der Waals surface area contributed by atoms with E-state index in [-0.39, 0.29) is 40.1 Å². The van der Waals surface area contributed by atoms with E-state index in [4.69, 9.17) is 20.8 Å². The van der Waals surface area contributed by atoms with Crippen LogP contribution < -0.4 is 10.1 Å². The largest absolute Gasteiger partial charge is 0.471 e. The summed E-state index contributed by atoms with van der Waals surface area (Å²) in [7, 11) is 2.29. The van der Waals surface area contributed by atoms with Crippen molar-refractivity contribution in [1.82, 2.24) is 10.2 Å². The van der Waals surface area contributed by atoms with Crippen molar-refractivity contribution in [3.63, 3.8) is 0 Å². The Bertz CT molecular complexity index is 1250. The Labute approximate surface area is 202 Å². The van der Waals surface area contributed by atoms with Crippen molar-refractivity contribution in [2.45, 2.75) is 19.6 Å². The topological polar surface area (TPSA) is 168 Å². The molecule has 1 fully saturated rings. The maximum Gasteiger partial charge on any atom is 0.373 e. The van der Waals surface area contributed by atoms with Crippen LogP contribution in [0.3, 0.4) is 0 Å². The van der Waals surface area contributed by atoms with Crippen LogP contribution >= 0.6 is 11.6 Å². The molecule has 1 aromatic carbocycles. The zero-order chi connectivity index (χ0) is 25.9. The first kappa shape index (κ1) is 25.2. The Morgan fingerprint density at radius 3 is 2.60 bits per heavy atom. The molecule has 35 heavy (non-hydrogen) atoms. The van der Waals surface area contributed by atoms with Gasteiger partial charge in [-0.1, -0.05) is 11.6 Å². The quantitative estimate of drug-likeness (QED) is 0.184. The molecule has 0 spiro atoms. The Morgan fingerprint density at radius 1 is 1.26 bits per heavy atom. The fraction of sp³-hybridized carbons (Fsp3) is 0.238. The van der Waals surface area contributed by atoms with Gasteiger partial charge in [0.05, 0.1) is 25.7 Å². The SMILES string of the molecule is COC(=O)c1ccc(CN2C(=O)N/C(=C\c3cc(Cl)cc([N+](=O)[O-])c3O[C@@H](C)C(=O)OC)C2=O)o1. The molecule has 13 nitrogen and oxygen atoms in total. The van der Waals surface area contributed by atoms with Crippen LogP contribution in [0.1, 0.15) is 28.8 Å². The van der Waals surface area contributed by atoms with Crippen LogP contribution in [0, 0.1) is 10.1 Å². The molecule has 3 amide bonds. The highest BCUT2D eigenvalue weighted by Gasteiger charge is 2.35. The van der Waals surface area contributed by atoms with Crippen molar-refractivity contribution >= 4 is 47.2 Å². The van der Waals surface area contributed by atoms with E-state index in [2.05, 4.69) is 14.8 Å².